The van der Waals surface area contributed by atoms with Gasteiger partial charge in [-0.15, -0.1) is 0 Å². The minimum absolute atomic E-state index is 0.0226. The number of halogens is 1. The molecule has 0 radical (unpaired) electrons. The Morgan fingerprint density at radius 1 is 0.591 bits per heavy atom. The Balaban J connectivity index is 1.63. The molecule has 0 saturated carbocycles. The lowest BCUT2D eigenvalue weighted by Crippen LogP contribution is -2.08. The zero-order valence-electron chi connectivity index (χ0n) is 21.9. The highest BCUT2D eigenvalue weighted by Crippen LogP contribution is 2.39. The highest BCUT2D eigenvalue weighted by molar-refractivity contribution is 6.02. The molecule has 1 heterocycles. The van der Waals surface area contributed by atoms with E-state index in [1.807, 2.05) is 0 Å². The van der Waals surface area contributed by atoms with Crippen LogP contribution in [0, 0.1) is 5.82 Å². The van der Waals surface area contributed by atoms with E-state index in [1.165, 1.54) is 36.4 Å². The SMILES string of the molecule is O=C(O)c1ccc(Oc2ccc(-c3cc(=O)c4cc(F)ccc4o3)c(Oc3ccc(C(=O)O)c(C(=O)O)c3)c2)cc1C(=O)O. The Labute approximate surface area is 244 Å². The summed E-state index contributed by atoms with van der Waals surface area (Å²) in [4.78, 5) is 59.0. The summed E-state index contributed by atoms with van der Waals surface area (Å²) in [6, 6.07) is 15.1. The number of fused-ring (bicyclic) bond motifs is 1. The molecule has 4 N–H and O–H groups in total. The average molecular weight is 600 g/mol. The van der Waals surface area contributed by atoms with E-state index in [0.29, 0.717) is 0 Å². The van der Waals surface area contributed by atoms with Crippen LogP contribution in [-0.2, 0) is 0 Å². The molecule has 5 rings (SSSR count). The normalized spacial score (nSPS) is 10.8. The molecule has 44 heavy (non-hydrogen) atoms. The lowest BCUT2D eigenvalue weighted by atomic mass is 10.1. The zero-order chi connectivity index (χ0) is 31.7. The predicted molar refractivity (Wildman–Crippen MR) is 149 cm³/mol. The molecule has 0 atom stereocenters. The van der Waals surface area contributed by atoms with E-state index in [0.717, 1.165) is 42.5 Å². The summed E-state index contributed by atoms with van der Waals surface area (Å²) in [5, 5.41) is 37.5. The molecule has 0 amide bonds. The monoisotopic (exact) mass is 600 g/mol. The van der Waals surface area contributed by atoms with Crippen LogP contribution in [0.25, 0.3) is 22.3 Å². The molecule has 13 heteroatoms. The Bertz CT molecular complexity index is 2080. The van der Waals surface area contributed by atoms with Crippen molar-refractivity contribution in [2.75, 3.05) is 0 Å². The van der Waals surface area contributed by atoms with Gasteiger partial charge in [-0.25, -0.2) is 23.6 Å². The van der Waals surface area contributed by atoms with Gasteiger partial charge in [0.1, 0.15) is 40.2 Å². The number of benzene rings is 4. The molecule has 4 aromatic carbocycles. The lowest BCUT2D eigenvalue weighted by molar-refractivity contribution is 0.0651. The highest BCUT2D eigenvalue weighted by Gasteiger charge is 2.21. The first-order chi connectivity index (χ1) is 20.9. The van der Waals surface area contributed by atoms with Gasteiger partial charge < -0.3 is 34.3 Å². The zero-order valence-corrected chi connectivity index (χ0v) is 21.9. The van der Waals surface area contributed by atoms with Crippen molar-refractivity contribution in [3.05, 3.63) is 117 Å². The van der Waals surface area contributed by atoms with Gasteiger partial charge >= 0.3 is 23.9 Å². The van der Waals surface area contributed by atoms with E-state index in [4.69, 9.17) is 13.9 Å². The fraction of sp³-hybridized carbons (Fsp3) is 0. The molecule has 0 saturated heterocycles. The molecule has 5 aromatic rings. The Morgan fingerprint density at radius 2 is 1.11 bits per heavy atom. The minimum Gasteiger partial charge on any atom is -0.478 e. The van der Waals surface area contributed by atoms with Crippen LogP contribution in [0.5, 0.6) is 23.0 Å². The van der Waals surface area contributed by atoms with E-state index in [2.05, 4.69) is 0 Å². The summed E-state index contributed by atoms with van der Waals surface area (Å²) < 4.78 is 31.2. The maximum atomic E-state index is 13.7. The van der Waals surface area contributed by atoms with E-state index in [9.17, 15) is 48.8 Å². The van der Waals surface area contributed by atoms with Gasteiger partial charge in [0.2, 0.25) is 0 Å². The van der Waals surface area contributed by atoms with Crippen LogP contribution in [0.4, 0.5) is 4.39 Å². The average Bonchev–Trinajstić information content (AvgIpc) is 2.97. The van der Waals surface area contributed by atoms with E-state index < -0.39 is 57.4 Å². The molecule has 12 nitrogen and oxygen atoms in total. The van der Waals surface area contributed by atoms with Crippen molar-refractivity contribution in [1.29, 1.82) is 0 Å². The summed E-state index contributed by atoms with van der Waals surface area (Å²) in [7, 11) is 0. The van der Waals surface area contributed by atoms with E-state index >= 15 is 0 Å². The van der Waals surface area contributed by atoms with Crippen molar-refractivity contribution in [1.82, 2.24) is 0 Å². The summed E-state index contributed by atoms with van der Waals surface area (Å²) in [6.07, 6.45) is 0. The van der Waals surface area contributed by atoms with E-state index in [1.54, 1.807) is 0 Å². The van der Waals surface area contributed by atoms with Gasteiger partial charge in [0.15, 0.2) is 5.43 Å². The fourth-order valence-corrected chi connectivity index (χ4v) is 4.28. The molecular formula is C31H17FO12. The lowest BCUT2D eigenvalue weighted by Gasteiger charge is -2.15. The maximum Gasteiger partial charge on any atom is 0.336 e. The Morgan fingerprint density at radius 3 is 1.68 bits per heavy atom. The van der Waals surface area contributed by atoms with Crippen LogP contribution in [0.15, 0.2) is 88.1 Å². The molecule has 0 bridgehead atoms. The van der Waals surface area contributed by atoms with Crippen LogP contribution < -0.4 is 14.9 Å². The summed E-state index contributed by atoms with van der Waals surface area (Å²) >= 11 is 0. The van der Waals surface area contributed by atoms with Gasteiger partial charge in [0.05, 0.1) is 33.2 Å². The van der Waals surface area contributed by atoms with Crippen LogP contribution in [0.1, 0.15) is 41.4 Å². The number of carbonyl (C=O) groups is 4. The maximum absolute atomic E-state index is 13.7. The minimum atomic E-state index is -1.53. The Kier molecular flexibility index (Phi) is 7.52. The summed E-state index contributed by atoms with van der Waals surface area (Å²) in [6.45, 7) is 0. The first kappa shape index (κ1) is 29.0. The number of hydrogen-bond acceptors (Lipinski definition) is 8. The topological polar surface area (TPSA) is 198 Å². The number of carboxylic acids is 4. The van der Waals surface area contributed by atoms with Crippen molar-refractivity contribution in [3.8, 4) is 34.3 Å². The molecular weight excluding hydrogens is 583 g/mol. The van der Waals surface area contributed by atoms with Crippen molar-refractivity contribution < 1.29 is 57.9 Å². The second-order valence-corrected chi connectivity index (χ2v) is 9.11. The van der Waals surface area contributed by atoms with Gasteiger partial charge in [-0.1, -0.05) is 0 Å². The molecule has 1 aromatic heterocycles. The number of carboxylic acid groups (broad SMARTS) is 4. The van der Waals surface area contributed by atoms with Crippen molar-refractivity contribution in [2.24, 2.45) is 0 Å². The summed E-state index contributed by atoms with van der Waals surface area (Å²) in [5.41, 5.74) is -2.43. The second-order valence-electron chi connectivity index (χ2n) is 9.11. The van der Waals surface area contributed by atoms with Gasteiger partial charge in [-0.2, -0.15) is 0 Å². The van der Waals surface area contributed by atoms with Gasteiger partial charge in [0.25, 0.3) is 0 Å². The van der Waals surface area contributed by atoms with Gasteiger partial charge in [-0.05, 0) is 66.7 Å². The molecule has 0 fully saturated rings. The number of aromatic carboxylic acids is 4. The van der Waals surface area contributed by atoms with Crippen molar-refractivity contribution in [3.63, 3.8) is 0 Å². The second kappa shape index (κ2) is 11.4. The Hall–Kier alpha value is -6.50. The largest absolute Gasteiger partial charge is 0.478 e. The third-order valence-electron chi connectivity index (χ3n) is 6.27. The predicted octanol–water partition coefficient (Wildman–Crippen LogP) is 5.98. The molecule has 0 unspecified atom stereocenters. The fourth-order valence-electron chi connectivity index (χ4n) is 4.28. The highest BCUT2D eigenvalue weighted by atomic mass is 19.1. The van der Waals surface area contributed by atoms with E-state index in [-0.39, 0.29) is 45.3 Å². The molecule has 0 aliphatic carbocycles. The molecule has 220 valence electrons. The van der Waals surface area contributed by atoms with Crippen molar-refractivity contribution >= 4 is 34.8 Å². The molecule has 0 aliphatic rings. The number of rotatable bonds is 9. The standard InChI is InChI=1S/C31H17FO12/c32-14-1-8-25-23(9-14)24(33)13-27(44-25)20-7-4-17(42-15-2-5-18(28(34)35)21(10-15)30(38)39)12-26(20)43-16-3-6-19(29(36)37)22(11-16)31(40)41/h1-13H,(H,34,35)(H,36,37)(H,38,39)(H,40,41). The molecule has 0 spiro atoms. The van der Waals surface area contributed by atoms with Crippen molar-refractivity contribution in [2.45, 2.75) is 0 Å². The smallest absolute Gasteiger partial charge is 0.336 e. The molecule has 0 aliphatic heterocycles. The first-order valence-corrected chi connectivity index (χ1v) is 12.4. The number of ether oxygens (including phenoxy) is 2. The third-order valence-corrected chi connectivity index (χ3v) is 6.27. The summed E-state index contributed by atoms with van der Waals surface area (Å²) in [5.74, 6) is -6.85. The van der Waals surface area contributed by atoms with Crippen LogP contribution >= 0.6 is 0 Å². The number of hydrogen-bond donors (Lipinski definition) is 4. The van der Waals surface area contributed by atoms with Crippen LogP contribution in [0.3, 0.4) is 0 Å². The van der Waals surface area contributed by atoms with Crippen LogP contribution in [0.2, 0.25) is 0 Å². The quantitative estimate of drug-likeness (QED) is 0.155. The van der Waals surface area contributed by atoms with Gasteiger partial charge in [0, 0.05) is 12.1 Å². The van der Waals surface area contributed by atoms with Crippen LogP contribution in [-0.4, -0.2) is 44.3 Å². The first-order valence-electron chi connectivity index (χ1n) is 12.4. The van der Waals surface area contributed by atoms with Gasteiger partial charge in [-0.3, -0.25) is 4.79 Å². The third kappa shape index (κ3) is 5.78.